The first kappa shape index (κ1) is 13.2. The van der Waals surface area contributed by atoms with E-state index in [4.69, 9.17) is 0 Å². The van der Waals surface area contributed by atoms with Gasteiger partial charge in [-0.25, -0.2) is 0 Å². The smallest absolute Gasteiger partial charge is 0.0397 e. The van der Waals surface area contributed by atoms with Gasteiger partial charge in [0.1, 0.15) is 0 Å². The molecular weight excluding hydrogens is 170 g/mol. The van der Waals surface area contributed by atoms with Crippen molar-refractivity contribution in [3.63, 3.8) is 0 Å². The summed E-state index contributed by atoms with van der Waals surface area (Å²) in [5.41, 5.74) is 2.61. The minimum Gasteiger partial charge on any atom is -0.265 e. The lowest BCUT2D eigenvalue weighted by molar-refractivity contribution is 0.606. The van der Waals surface area contributed by atoms with E-state index in [0.717, 1.165) is 12.1 Å². The zero-order chi connectivity index (χ0) is 11.2. The fourth-order valence-electron chi connectivity index (χ4n) is 0.792. The third-order valence-electron chi connectivity index (χ3n) is 1.59. The Morgan fingerprint density at radius 2 is 1.71 bits per heavy atom. The molecule has 0 aromatic carbocycles. The van der Waals surface area contributed by atoms with Gasteiger partial charge in [0.25, 0.3) is 0 Å². The average molecular weight is 193 g/mol. The van der Waals surface area contributed by atoms with Crippen LogP contribution in [-0.2, 0) is 0 Å². The molecule has 0 aromatic heterocycles. The highest BCUT2D eigenvalue weighted by atomic mass is 14.7. The van der Waals surface area contributed by atoms with Crippen LogP contribution < -0.4 is 0 Å². The molecule has 0 saturated carbocycles. The van der Waals surface area contributed by atoms with E-state index >= 15 is 0 Å². The summed E-state index contributed by atoms with van der Waals surface area (Å²) in [5.74, 6) is 0. The minimum atomic E-state index is 0.166. The minimum absolute atomic E-state index is 0.166. The topological polar surface area (TPSA) is 12.4 Å². The van der Waals surface area contributed by atoms with Crippen molar-refractivity contribution >= 4 is 6.21 Å². The SMILES string of the molecule is CC/C(=C/C=C(C)C)N=CC(C)(C)C. The van der Waals surface area contributed by atoms with Gasteiger partial charge in [-0.1, -0.05) is 39.3 Å². The van der Waals surface area contributed by atoms with Crippen molar-refractivity contribution in [1.82, 2.24) is 0 Å². The molecule has 0 radical (unpaired) electrons. The van der Waals surface area contributed by atoms with Crippen LogP contribution >= 0.6 is 0 Å². The maximum atomic E-state index is 4.48. The second-order valence-corrected chi connectivity index (χ2v) is 4.88. The highest BCUT2D eigenvalue weighted by Crippen LogP contribution is 2.11. The first-order valence-corrected chi connectivity index (χ1v) is 5.24. The molecule has 0 aliphatic heterocycles. The Kier molecular flexibility index (Phi) is 5.44. The van der Waals surface area contributed by atoms with Gasteiger partial charge in [0.15, 0.2) is 0 Å². The van der Waals surface area contributed by atoms with Crippen molar-refractivity contribution in [3.05, 3.63) is 23.4 Å². The third kappa shape index (κ3) is 7.78. The van der Waals surface area contributed by atoms with Crippen molar-refractivity contribution in [3.8, 4) is 0 Å². The van der Waals surface area contributed by atoms with Crippen LogP contribution in [0.2, 0.25) is 0 Å². The predicted octanol–water partition coefficient (Wildman–Crippen LogP) is 4.36. The van der Waals surface area contributed by atoms with Gasteiger partial charge >= 0.3 is 0 Å². The zero-order valence-electron chi connectivity index (χ0n) is 10.4. The Hall–Kier alpha value is -0.850. The molecule has 0 aliphatic rings. The molecule has 0 atom stereocenters. The highest BCUT2D eigenvalue weighted by molar-refractivity contribution is 5.65. The van der Waals surface area contributed by atoms with Crippen molar-refractivity contribution in [2.75, 3.05) is 0 Å². The molecule has 0 aliphatic carbocycles. The number of hydrogen-bond donors (Lipinski definition) is 0. The van der Waals surface area contributed by atoms with E-state index in [1.54, 1.807) is 0 Å². The van der Waals surface area contributed by atoms with Crippen LogP contribution in [0.1, 0.15) is 48.0 Å². The van der Waals surface area contributed by atoms with E-state index in [9.17, 15) is 0 Å². The summed E-state index contributed by atoms with van der Waals surface area (Å²) in [6.07, 6.45) is 7.20. The summed E-state index contributed by atoms with van der Waals surface area (Å²) in [7, 11) is 0. The van der Waals surface area contributed by atoms with Gasteiger partial charge in [0, 0.05) is 11.9 Å². The first-order valence-electron chi connectivity index (χ1n) is 5.24. The monoisotopic (exact) mass is 193 g/mol. The molecule has 0 fully saturated rings. The number of hydrogen-bond acceptors (Lipinski definition) is 1. The van der Waals surface area contributed by atoms with E-state index < -0.39 is 0 Å². The standard InChI is InChI=1S/C13H23N/c1-7-12(9-8-11(2)3)14-10-13(4,5)6/h8-10H,7H2,1-6H3/b12-9-,14-10?. The van der Waals surface area contributed by atoms with Crippen LogP contribution in [0.3, 0.4) is 0 Å². The van der Waals surface area contributed by atoms with Crippen LogP contribution in [0.15, 0.2) is 28.4 Å². The molecule has 0 heterocycles. The van der Waals surface area contributed by atoms with E-state index in [0.29, 0.717) is 0 Å². The lowest BCUT2D eigenvalue weighted by Crippen LogP contribution is -2.05. The lowest BCUT2D eigenvalue weighted by atomic mass is 9.99. The van der Waals surface area contributed by atoms with Gasteiger partial charge in [-0.2, -0.15) is 0 Å². The van der Waals surface area contributed by atoms with E-state index in [2.05, 4.69) is 58.7 Å². The average Bonchev–Trinajstić information content (AvgIpc) is 2.02. The lowest BCUT2D eigenvalue weighted by Gasteiger charge is -2.10. The maximum Gasteiger partial charge on any atom is 0.0397 e. The summed E-state index contributed by atoms with van der Waals surface area (Å²) in [4.78, 5) is 4.48. The largest absolute Gasteiger partial charge is 0.265 e. The fraction of sp³-hybridized carbons (Fsp3) is 0.615. The van der Waals surface area contributed by atoms with Gasteiger partial charge in [-0.15, -0.1) is 0 Å². The second kappa shape index (κ2) is 5.79. The van der Waals surface area contributed by atoms with Crippen molar-refractivity contribution in [2.45, 2.75) is 48.0 Å². The summed E-state index contributed by atoms with van der Waals surface area (Å²) < 4.78 is 0. The third-order valence-corrected chi connectivity index (χ3v) is 1.59. The van der Waals surface area contributed by atoms with Gasteiger partial charge in [-0.3, -0.25) is 4.99 Å². The molecule has 0 spiro atoms. The summed E-state index contributed by atoms with van der Waals surface area (Å²) in [6, 6.07) is 0. The van der Waals surface area contributed by atoms with Gasteiger partial charge < -0.3 is 0 Å². The van der Waals surface area contributed by atoms with Gasteiger partial charge in [-0.05, 0) is 31.8 Å². The number of allylic oxidation sites excluding steroid dienone is 4. The van der Waals surface area contributed by atoms with Crippen LogP contribution in [0.4, 0.5) is 0 Å². The van der Waals surface area contributed by atoms with Crippen molar-refractivity contribution in [1.29, 1.82) is 0 Å². The fourth-order valence-corrected chi connectivity index (χ4v) is 0.792. The van der Waals surface area contributed by atoms with Crippen LogP contribution in [0.25, 0.3) is 0 Å². The molecular formula is C13H23N. The quantitative estimate of drug-likeness (QED) is 0.466. The Morgan fingerprint density at radius 3 is 2.07 bits per heavy atom. The molecule has 0 aromatic rings. The Balaban J connectivity index is 4.53. The molecule has 0 bridgehead atoms. The highest BCUT2D eigenvalue weighted by Gasteiger charge is 2.04. The number of nitrogens with zero attached hydrogens (tertiary/aromatic N) is 1. The van der Waals surface area contributed by atoms with Crippen molar-refractivity contribution < 1.29 is 0 Å². The summed E-state index contributed by atoms with van der Waals surface area (Å²) in [5, 5.41) is 0. The van der Waals surface area contributed by atoms with Crippen molar-refractivity contribution in [2.24, 2.45) is 10.4 Å². The maximum absolute atomic E-state index is 4.48. The summed E-state index contributed by atoms with van der Waals surface area (Å²) in [6.45, 7) is 12.8. The predicted molar refractivity (Wildman–Crippen MR) is 65.8 cm³/mol. The molecule has 1 nitrogen and oxygen atoms in total. The van der Waals surface area contributed by atoms with E-state index in [-0.39, 0.29) is 5.41 Å². The first-order chi connectivity index (χ1) is 6.35. The molecule has 1 heteroatoms. The van der Waals surface area contributed by atoms with Gasteiger partial charge in [0.2, 0.25) is 0 Å². The molecule has 0 unspecified atom stereocenters. The molecule has 14 heavy (non-hydrogen) atoms. The zero-order valence-corrected chi connectivity index (χ0v) is 10.4. The Bertz CT molecular complexity index is 245. The Labute approximate surface area is 88.6 Å². The van der Waals surface area contributed by atoms with E-state index in [1.165, 1.54) is 5.57 Å². The normalized spacial score (nSPS) is 13.4. The molecule has 0 saturated heterocycles. The number of rotatable bonds is 3. The van der Waals surface area contributed by atoms with Crippen LogP contribution in [0, 0.1) is 5.41 Å². The second-order valence-electron chi connectivity index (χ2n) is 4.88. The molecule has 0 amide bonds. The van der Waals surface area contributed by atoms with Crippen LogP contribution in [0.5, 0.6) is 0 Å². The Morgan fingerprint density at radius 1 is 1.14 bits per heavy atom. The van der Waals surface area contributed by atoms with E-state index in [1.807, 2.05) is 6.21 Å². The number of aliphatic imine (C=N–C) groups is 1. The summed E-state index contributed by atoms with van der Waals surface area (Å²) >= 11 is 0. The molecule has 0 N–H and O–H groups in total. The molecule has 80 valence electrons. The molecule has 0 rings (SSSR count). The van der Waals surface area contributed by atoms with Crippen LogP contribution in [-0.4, -0.2) is 6.21 Å². The van der Waals surface area contributed by atoms with Gasteiger partial charge in [0.05, 0.1) is 0 Å².